The second-order valence-corrected chi connectivity index (χ2v) is 10.3. The van der Waals surface area contributed by atoms with Gasteiger partial charge in [0.15, 0.2) is 16.8 Å². The van der Waals surface area contributed by atoms with Crippen LogP contribution in [0.3, 0.4) is 0 Å². The number of amides is 2. The zero-order valence-corrected chi connectivity index (χ0v) is 19.5. The number of carbonyl (C=O) groups is 2. The normalized spacial score (nSPS) is 16.2. The number of hydrogen-bond donors (Lipinski definition) is 2. The van der Waals surface area contributed by atoms with Crippen LogP contribution in [0.1, 0.15) is 20.8 Å². The van der Waals surface area contributed by atoms with E-state index in [0.717, 1.165) is 16.9 Å². The van der Waals surface area contributed by atoms with Crippen molar-refractivity contribution in [2.24, 2.45) is 0 Å². The fourth-order valence-electron chi connectivity index (χ4n) is 3.20. The van der Waals surface area contributed by atoms with Crippen LogP contribution < -0.4 is 5.32 Å². The van der Waals surface area contributed by atoms with Gasteiger partial charge in [-0.1, -0.05) is 30.3 Å². The maximum Gasteiger partial charge on any atom is 0.411 e. The summed E-state index contributed by atoms with van der Waals surface area (Å²) in [6, 6.07) is 11.8. The molecule has 10 heteroatoms. The number of H-pyrrole nitrogens is 1. The van der Waals surface area contributed by atoms with Crippen LogP contribution in [-0.4, -0.2) is 50.1 Å². The van der Waals surface area contributed by atoms with Gasteiger partial charge in [-0.15, -0.1) is 23.1 Å². The molecule has 2 N–H and O–H groups in total. The molecule has 7 nitrogen and oxygen atoms in total. The van der Waals surface area contributed by atoms with E-state index in [2.05, 4.69) is 15.3 Å². The van der Waals surface area contributed by atoms with Gasteiger partial charge in [0.25, 0.3) is 0 Å². The van der Waals surface area contributed by atoms with Gasteiger partial charge in [-0.2, -0.15) is 4.39 Å². The highest BCUT2D eigenvalue weighted by Crippen LogP contribution is 2.33. The SMILES string of the molecule is CC(C)(C)OC(=O)N1CSC[C@@H]1C(=O)Nc1nc(-c2ccc(F)s2)[nH]c1-c1ccccc1. The lowest BCUT2D eigenvalue weighted by atomic mass is 10.1. The highest BCUT2D eigenvalue weighted by Gasteiger charge is 2.37. The first-order valence-electron chi connectivity index (χ1n) is 10.0. The third-order valence-electron chi connectivity index (χ3n) is 4.63. The highest BCUT2D eigenvalue weighted by molar-refractivity contribution is 7.99. The predicted molar refractivity (Wildman–Crippen MR) is 125 cm³/mol. The predicted octanol–water partition coefficient (Wildman–Crippen LogP) is 5.19. The van der Waals surface area contributed by atoms with Gasteiger partial charge in [0.1, 0.15) is 11.6 Å². The van der Waals surface area contributed by atoms with Crippen LogP contribution in [0.15, 0.2) is 42.5 Å². The number of nitrogens with one attached hydrogen (secondary N) is 2. The monoisotopic (exact) mass is 474 g/mol. The molecule has 32 heavy (non-hydrogen) atoms. The molecule has 3 heterocycles. The molecular weight excluding hydrogens is 451 g/mol. The molecule has 3 aromatic rings. The number of thioether (sulfide) groups is 1. The van der Waals surface area contributed by atoms with Crippen molar-refractivity contribution in [2.75, 3.05) is 16.9 Å². The number of aromatic nitrogens is 2. The summed E-state index contributed by atoms with van der Waals surface area (Å²) in [6.45, 7) is 5.36. The number of imidazole rings is 1. The highest BCUT2D eigenvalue weighted by atomic mass is 32.2. The van der Waals surface area contributed by atoms with Crippen LogP contribution in [0.5, 0.6) is 0 Å². The van der Waals surface area contributed by atoms with E-state index in [1.54, 1.807) is 26.8 Å². The average Bonchev–Trinajstić information content (AvgIpc) is 3.46. The minimum atomic E-state index is -0.683. The van der Waals surface area contributed by atoms with Gasteiger partial charge >= 0.3 is 6.09 Å². The van der Waals surface area contributed by atoms with E-state index in [0.29, 0.717) is 33.8 Å². The molecule has 1 aliphatic rings. The van der Waals surface area contributed by atoms with Crippen molar-refractivity contribution in [3.05, 3.63) is 47.6 Å². The van der Waals surface area contributed by atoms with E-state index in [-0.39, 0.29) is 11.0 Å². The van der Waals surface area contributed by atoms with E-state index in [4.69, 9.17) is 4.74 Å². The summed E-state index contributed by atoms with van der Waals surface area (Å²) in [4.78, 5) is 35.5. The molecule has 1 aliphatic heterocycles. The number of anilines is 1. The van der Waals surface area contributed by atoms with Gasteiger partial charge in [0.05, 0.1) is 16.4 Å². The number of halogens is 1. The Morgan fingerprint density at radius 1 is 1.22 bits per heavy atom. The molecule has 0 bridgehead atoms. The lowest BCUT2D eigenvalue weighted by Gasteiger charge is -2.27. The number of ether oxygens (including phenoxy) is 1. The van der Waals surface area contributed by atoms with Gasteiger partial charge in [-0.3, -0.25) is 9.69 Å². The summed E-state index contributed by atoms with van der Waals surface area (Å²) in [5, 5.41) is 2.54. The standard InChI is InChI=1S/C22H23FN4O3S2/c1-22(2,3)30-21(29)27-12-31-11-14(27)20(28)26-19-17(13-7-5-4-6-8-13)24-18(25-19)15-9-10-16(23)32-15/h4-10,14H,11-12H2,1-3H3,(H,24,25)(H,26,28)/t14-/m1/s1. The third kappa shape index (κ3) is 4.97. The van der Waals surface area contributed by atoms with E-state index in [1.807, 2.05) is 30.3 Å². The summed E-state index contributed by atoms with van der Waals surface area (Å²) in [5.74, 6) is 1.26. The minimum Gasteiger partial charge on any atom is -0.444 e. The van der Waals surface area contributed by atoms with Crippen LogP contribution in [-0.2, 0) is 9.53 Å². The Kier molecular flexibility index (Phi) is 6.25. The van der Waals surface area contributed by atoms with Crippen molar-refractivity contribution in [2.45, 2.75) is 32.4 Å². The Labute approximate surface area is 193 Å². The van der Waals surface area contributed by atoms with Crippen molar-refractivity contribution < 1.29 is 18.7 Å². The van der Waals surface area contributed by atoms with Crippen LogP contribution in [0.25, 0.3) is 22.0 Å². The van der Waals surface area contributed by atoms with Crippen molar-refractivity contribution in [1.82, 2.24) is 14.9 Å². The average molecular weight is 475 g/mol. The summed E-state index contributed by atoms with van der Waals surface area (Å²) < 4.78 is 19.0. The Morgan fingerprint density at radius 3 is 2.62 bits per heavy atom. The molecule has 0 saturated carbocycles. The van der Waals surface area contributed by atoms with E-state index in [1.165, 1.54) is 22.7 Å². The first kappa shape index (κ1) is 22.3. The zero-order chi connectivity index (χ0) is 22.9. The molecule has 0 unspecified atom stereocenters. The number of rotatable bonds is 4. The Bertz CT molecular complexity index is 1120. The summed E-state index contributed by atoms with van der Waals surface area (Å²) in [7, 11) is 0. The number of aromatic amines is 1. The lowest BCUT2D eigenvalue weighted by Crippen LogP contribution is -2.46. The van der Waals surface area contributed by atoms with Gasteiger partial charge < -0.3 is 15.0 Å². The summed E-state index contributed by atoms with van der Waals surface area (Å²) >= 11 is 2.45. The van der Waals surface area contributed by atoms with E-state index >= 15 is 0 Å². The quantitative estimate of drug-likeness (QED) is 0.543. The van der Waals surface area contributed by atoms with Crippen LogP contribution in [0, 0.1) is 5.13 Å². The first-order chi connectivity index (χ1) is 15.2. The molecule has 4 rings (SSSR count). The number of hydrogen-bond acceptors (Lipinski definition) is 6. The van der Waals surface area contributed by atoms with Crippen molar-refractivity contribution in [1.29, 1.82) is 0 Å². The molecule has 0 radical (unpaired) electrons. The summed E-state index contributed by atoms with van der Waals surface area (Å²) in [5.41, 5.74) is 0.777. The van der Waals surface area contributed by atoms with Gasteiger partial charge in [-0.05, 0) is 32.9 Å². The molecule has 2 amide bonds. The molecule has 1 saturated heterocycles. The first-order valence-corrected chi connectivity index (χ1v) is 12.0. The molecule has 0 spiro atoms. The molecule has 2 aromatic heterocycles. The second-order valence-electron chi connectivity index (χ2n) is 8.23. The Hall–Kier alpha value is -2.85. The molecule has 1 fully saturated rings. The van der Waals surface area contributed by atoms with Crippen LogP contribution in [0.2, 0.25) is 0 Å². The number of carbonyl (C=O) groups excluding carboxylic acids is 2. The smallest absolute Gasteiger partial charge is 0.411 e. The summed E-state index contributed by atoms with van der Waals surface area (Å²) in [6.07, 6.45) is -0.525. The lowest BCUT2D eigenvalue weighted by molar-refractivity contribution is -0.120. The third-order valence-corrected chi connectivity index (χ3v) is 6.52. The van der Waals surface area contributed by atoms with Crippen LogP contribution >= 0.6 is 23.1 Å². The molecule has 1 aromatic carbocycles. The largest absolute Gasteiger partial charge is 0.444 e. The van der Waals surface area contributed by atoms with Crippen molar-refractivity contribution in [3.63, 3.8) is 0 Å². The maximum absolute atomic E-state index is 13.5. The van der Waals surface area contributed by atoms with Crippen molar-refractivity contribution >= 4 is 40.9 Å². The molecule has 168 valence electrons. The topological polar surface area (TPSA) is 87.3 Å². The Balaban J connectivity index is 1.61. The molecular formula is C22H23FN4O3S2. The van der Waals surface area contributed by atoms with Crippen LogP contribution in [0.4, 0.5) is 15.0 Å². The fourth-order valence-corrected chi connectivity index (χ4v) is 5.01. The number of benzene rings is 1. The van der Waals surface area contributed by atoms with Gasteiger partial charge in [-0.25, -0.2) is 9.78 Å². The van der Waals surface area contributed by atoms with E-state index in [9.17, 15) is 14.0 Å². The molecule has 0 aliphatic carbocycles. The zero-order valence-electron chi connectivity index (χ0n) is 17.8. The number of thiophene rings is 1. The second kappa shape index (κ2) is 8.95. The van der Waals surface area contributed by atoms with Gasteiger partial charge in [0, 0.05) is 11.3 Å². The fraction of sp³-hybridized carbons (Fsp3) is 0.318. The molecule has 1 atom stereocenters. The number of nitrogens with zero attached hydrogens (tertiary/aromatic N) is 2. The Morgan fingerprint density at radius 2 is 1.97 bits per heavy atom. The van der Waals surface area contributed by atoms with E-state index < -0.39 is 17.7 Å². The van der Waals surface area contributed by atoms with Gasteiger partial charge in [0.2, 0.25) is 5.91 Å². The van der Waals surface area contributed by atoms with Crippen molar-refractivity contribution in [3.8, 4) is 22.0 Å². The maximum atomic E-state index is 13.5. The minimum absolute atomic E-state index is 0.320.